The maximum absolute atomic E-state index is 15.0. The van der Waals surface area contributed by atoms with Crippen molar-refractivity contribution in [3.63, 3.8) is 0 Å². The molecule has 3 fully saturated rings. The van der Waals surface area contributed by atoms with Crippen LogP contribution in [0.3, 0.4) is 0 Å². The highest BCUT2D eigenvalue weighted by atomic mass is 33.1. The van der Waals surface area contributed by atoms with E-state index in [1.165, 1.54) is 52.7 Å². The quantitative estimate of drug-likeness (QED) is 0.0796. The number of aromatic hydroxyl groups is 1. The van der Waals surface area contributed by atoms with Crippen LogP contribution in [-0.4, -0.2) is 159 Å². The lowest BCUT2D eigenvalue weighted by molar-refractivity contribution is -0.142. The predicted octanol–water partition coefficient (Wildman–Crippen LogP) is -0.415. The zero-order chi connectivity index (χ0) is 58.7. The highest BCUT2D eigenvalue weighted by Crippen LogP contribution is 2.48. The summed E-state index contributed by atoms with van der Waals surface area (Å²) in [6.07, 6.45) is 2.33. The lowest BCUT2D eigenvalue weighted by Crippen LogP contribution is -2.63. The van der Waals surface area contributed by atoms with Crippen molar-refractivity contribution in [1.82, 2.24) is 42.1 Å². The number of nitrogens with one attached hydrogen (secondary N) is 7. The summed E-state index contributed by atoms with van der Waals surface area (Å²) in [6.45, 7) is 4.88. The average molecular weight is 1150 g/mol. The van der Waals surface area contributed by atoms with Crippen molar-refractivity contribution in [3.8, 4) is 11.5 Å². The highest BCUT2D eigenvalue weighted by molar-refractivity contribution is 8.77. The number of likely N-dealkylation sites (tertiary alicyclic amines) is 1. The molecule has 2 saturated heterocycles. The van der Waals surface area contributed by atoms with Crippen molar-refractivity contribution in [2.45, 2.75) is 170 Å². The number of primary amides is 2. The lowest BCUT2D eigenvalue weighted by Gasteiger charge is -2.37. The summed E-state index contributed by atoms with van der Waals surface area (Å²) in [5.41, 5.74) is 18.3. The minimum absolute atomic E-state index is 0.00521. The van der Waals surface area contributed by atoms with E-state index < -0.39 is 131 Å². The zero-order valence-electron chi connectivity index (χ0n) is 45.8. The number of aliphatic hydroxyl groups is 1. The number of phenols is 1. The molecule has 24 nitrogen and oxygen atoms in total. The Morgan fingerprint density at radius 1 is 0.800 bits per heavy atom. The lowest BCUT2D eigenvalue weighted by atomic mass is 9.85. The molecule has 1 saturated carbocycles. The van der Waals surface area contributed by atoms with Crippen LogP contribution in [0.4, 0.5) is 0 Å². The van der Waals surface area contributed by atoms with Crippen LogP contribution in [0.5, 0.6) is 11.5 Å². The topological polar surface area (TPSA) is 386 Å². The third kappa shape index (κ3) is 18.7. The number of nitrogens with two attached hydrogens (primary N) is 3. The van der Waals surface area contributed by atoms with E-state index in [1.54, 1.807) is 50.2 Å². The second-order valence-corrected chi connectivity index (χ2v) is 23.7. The number of rotatable bonds is 19. The zero-order valence-corrected chi connectivity index (χ0v) is 47.4. The van der Waals surface area contributed by atoms with Crippen molar-refractivity contribution in [1.29, 1.82) is 0 Å². The molecule has 2 aliphatic heterocycles. The third-order valence-corrected chi connectivity index (χ3v) is 18.0. The van der Waals surface area contributed by atoms with E-state index in [1.807, 2.05) is 0 Å². The number of carbonyl (C=O) groups is 10. The smallest absolute Gasteiger partial charge is 0.246 e. The standard InChI is InChI=1S/C54H79N11O13S2/c1-5-30(2)44-51(75)64-45(31(3)66)52(76)61-39(27-42(56)68)48(72)62-40(29-79-80-54(21-7-6-8-22-54)28-43(69)58-38(49(73)63-44)26-33-15-19-35(78-4)20-16-33)53(77)65-24-10-12-41(65)50(74)59-36(11-9-23-55)47(71)60-37(46(57)70)25-32-13-17-34(67)18-14-32/h13-20,30-31,36-41,44-45,66-67H,5-12,21-29,55H2,1-4H3,(H2,56,68)(H2,57,70)(H,58,69)(H,59,74)(H,60,71)(H,61,76)(H,62,72)(H,63,73)(H,64,75)/t30-,31+,36-,37-,38-,39-,40-,41-,44?,45-/m0/s1. The van der Waals surface area contributed by atoms with Gasteiger partial charge in [0.25, 0.3) is 0 Å². The average Bonchev–Trinajstić information content (AvgIpc) is 3.93. The van der Waals surface area contributed by atoms with Gasteiger partial charge in [-0.05, 0) is 93.3 Å². The molecule has 80 heavy (non-hydrogen) atoms. The Hall–Kier alpha value is -6.64. The van der Waals surface area contributed by atoms with Crippen LogP contribution in [0, 0.1) is 5.92 Å². The summed E-state index contributed by atoms with van der Waals surface area (Å²) in [6, 6.07) is 1.83. The van der Waals surface area contributed by atoms with Crippen LogP contribution in [0.2, 0.25) is 0 Å². The molecule has 1 spiro atoms. The van der Waals surface area contributed by atoms with Gasteiger partial charge >= 0.3 is 0 Å². The second kappa shape index (κ2) is 30.8. The van der Waals surface area contributed by atoms with Crippen molar-refractivity contribution in [3.05, 3.63) is 59.7 Å². The number of methoxy groups -OCH3 is 1. The number of benzene rings is 2. The Bertz CT molecular complexity index is 2500. The number of carbonyl (C=O) groups excluding carboxylic acids is 10. The molecule has 440 valence electrons. The van der Waals surface area contributed by atoms with Gasteiger partial charge in [0.2, 0.25) is 59.1 Å². The molecule has 0 radical (unpaired) electrons. The number of hydrogen-bond acceptors (Lipinski definition) is 16. The van der Waals surface area contributed by atoms with Crippen LogP contribution < -0.4 is 59.2 Å². The minimum atomic E-state index is -1.76. The maximum Gasteiger partial charge on any atom is 0.246 e. The van der Waals surface area contributed by atoms with Crippen molar-refractivity contribution in [2.75, 3.05) is 26.0 Å². The normalized spacial score (nSPS) is 24.0. The maximum atomic E-state index is 15.0. The Kier molecular flexibility index (Phi) is 24.7. The van der Waals surface area contributed by atoms with Gasteiger partial charge in [0.15, 0.2) is 0 Å². The molecule has 2 aromatic rings. The van der Waals surface area contributed by atoms with Gasteiger partial charge in [-0.1, -0.05) is 85.4 Å². The van der Waals surface area contributed by atoms with E-state index in [0.29, 0.717) is 42.6 Å². The number of nitrogens with zero attached hydrogens (tertiary/aromatic N) is 1. The van der Waals surface area contributed by atoms with E-state index in [4.69, 9.17) is 21.9 Å². The van der Waals surface area contributed by atoms with Gasteiger partial charge in [0.05, 0.1) is 19.6 Å². The second-order valence-electron chi connectivity index (χ2n) is 20.9. The summed E-state index contributed by atoms with van der Waals surface area (Å²) >= 11 is 0. The molecule has 2 heterocycles. The van der Waals surface area contributed by atoms with Gasteiger partial charge in [-0.3, -0.25) is 47.9 Å². The predicted molar refractivity (Wildman–Crippen MR) is 300 cm³/mol. The molecule has 0 bridgehead atoms. The van der Waals surface area contributed by atoms with Gasteiger partial charge in [-0.15, -0.1) is 0 Å². The SMILES string of the molecule is CC[C@H](C)C1NC(=O)[C@H](Cc2ccc(OC)cc2)NC(=O)CC2(CCCCC2)SSC[C@@H](C(=O)N2CCC[C@H]2C(=O)N[C@@H](CCCN)C(=O)N[C@@H](Cc2ccc(O)cc2)C(N)=O)NC(=O)[C@H](CC(N)=O)NC(=O)[C@H]([C@@H](C)O)NC1=O. The van der Waals surface area contributed by atoms with Crippen LogP contribution in [0.1, 0.15) is 109 Å². The molecule has 3 aliphatic rings. The van der Waals surface area contributed by atoms with E-state index in [0.717, 1.165) is 19.3 Å². The molecule has 26 heteroatoms. The molecule has 0 aromatic heterocycles. The van der Waals surface area contributed by atoms with E-state index in [2.05, 4.69) is 37.2 Å². The Labute approximate surface area is 473 Å². The van der Waals surface area contributed by atoms with E-state index >= 15 is 0 Å². The molecule has 10 atom stereocenters. The Morgan fingerprint density at radius 2 is 1.44 bits per heavy atom. The first kappa shape index (κ1) is 64.2. The van der Waals surface area contributed by atoms with Gasteiger partial charge in [0.1, 0.15) is 59.8 Å². The first-order chi connectivity index (χ1) is 38.1. The van der Waals surface area contributed by atoms with Crippen molar-refractivity contribution in [2.24, 2.45) is 23.1 Å². The largest absolute Gasteiger partial charge is 0.508 e. The number of hydrogen-bond donors (Lipinski definition) is 12. The molecule has 1 unspecified atom stereocenters. The fraction of sp³-hybridized carbons (Fsp3) is 0.593. The molecule has 10 amide bonds. The van der Waals surface area contributed by atoms with E-state index in [9.17, 15) is 58.2 Å². The third-order valence-electron chi connectivity index (χ3n) is 14.7. The van der Waals surface area contributed by atoms with Crippen LogP contribution in [0.25, 0.3) is 0 Å². The molecule has 2 aromatic carbocycles. The van der Waals surface area contributed by atoms with Crippen molar-refractivity contribution >= 4 is 80.7 Å². The molecular weight excluding hydrogens is 1070 g/mol. The van der Waals surface area contributed by atoms with Crippen LogP contribution >= 0.6 is 21.6 Å². The number of aliphatic hydroxyl groups excluding tert-OH is 1. The fourth-order valence-corrected chi connectivity index (χ4v) is 13.3. The highest BCUT2D eigenvalue weighted by Gasteiger charge is 2.43. The van der Waals surface area contributed by atoms with Gasteiger partial charge in [-0.2, -0.15) is 0 Å². The summed E-state index contributed by atoms with van der Waals surface area (Å²) in [7, 11) is 4.05. The number of amides is 10. The molecule has 1 aliphatic carbocycles. The first-order valence-corrected chi connectivity index (χ1v) is 29.5. The fourth-order valence-electron chi connectivity index (χ4n) is 9.91. The Balaban J connectivity index is 1.48. The summed E-state index contributed by atoms with van der Waals surface area (Å²) in [5.74, 6) is -8.38. The molecule has 5 rings (SSSR count). The number of phenolic OH excluding ortho intramolecular Hbond substituents is 1. The number of ether oxygens (including phenoxy) is 1. The summed E-state index contributed by atoms with van der Waals surface area (Å²) in [4.78, 5) is 141. The monoisotopic (exact) mass is 1150 g/mol. The van der Waals surface area contributed by atoms with Crippen LogP contribution in [0.15, 0.2) is 48.5 Å². The molecule has 15 N–H and O–H groups in total. The van der Waals surface area contributed by atoms with E-state index in [-0.39, 0.29) is 63.1 Å². The van der Waals surface area contributed by atoms with Gasteiger partial charge in [0, 0.05) is 36.3 Å². The van der Waals surface area contributed by atoms with Gasteiger partial charge < -0.3 is 74.3 Å². The summed E-state index contributed by atoms with van der Waals surface area (Å²) in [5, 5.41) is 39.3. The minimum Gasteiger partial charge on any atom is -0.508 e. The van der Waals surface area contributed by atoms with Crippen molar-refractivity contribution < 1.29 is 62.9 Å². The summed E-state index contributed by atoms with van der Waals surface area (Å²) < 4.78 is 4.59. The Morgan fingerprint density at radius 3 is 2.05 bits per heavy atom. The molecular formula is C54H79N11O13S2. The first-order valence-electron chi connectivity index (χ1n) is 27.2. The van der Waals surface area contributed by atoms with Gasteiger partial charge in [-0.25, -0.2) is 0 Å². The van der Waals surface area contributed by atoms with Crippen LogP contribution in [-0.2, 0) is 60.8 Å².